The largest absolute Gasteiger partial charge is 0.394 e. The Morgan fingerprint density at radius 3 is 3.00 bits per heavy atom. The summed E-state index contributed by atoms with van der Waals surface area (Å²) in [5.41, 5.74) is 6.87. The summed E-state index contributed by atoms with van der Waals surface area (Å²) in [6.07, 6.45) is 3.12. The molecular formula is C12H11N5O2. The van der Waals surface area contributed by atoms with Crippen molar-refractivity contribution < 1.29 is 9.90 Å². The predicted molar refractivity (Wildman–Crippen MR) is 68.4 cm³/mol. The zero-order chi connectivity index (χ0) is 13.4. The molecule has 0 saturated carbocycles. The van der Waals surface area contributed by atoms with Gasteiger partial charge in [-0.1, -0.05) is 6.07 Å². The van der Waals surface area contributed by atoms with Crippen LogP contribution in [0.2, 0.25) is 0 Å². The summed E-state index contributed by atoms with van der Waals surface area (Å²) < 4.78 is 1.55. The predicted octanol–water partition coefficient (Wildman–Crippen LogP) is 0.0707. The van der Waals surface area contributed by atoms with E-state index in [1.165, 1.54) is 6.33 Å². The van der Waals surface area contributed by atoms with Crippen molar-refractivity contribution in [3.8, 4) is 0 Å². The first-order chi connectivity index (χ1) is 9.22. The normalized spacial score (nSPS) is 11.2. The standard InChI is InChI=1S/C12H11N5O2/c13-12(19)10-8-2-1-7-5-14-6-15-9(7)11(8)17(16-10)3-4-18/h1-2,5-6,18H,3-4H2,(H2,13,19). The number of carbonyl (C=O) groups is 1. The summed E-state index contributed by atoms with van der Waals surface area (Å²) in [7, 11) is 0. The van der Waals surface area contributed by atoms with Crippen molar-refractivity contribution in [1.29, 1.82) is 0 Å². The quantitative estimate of drug-likeness (QED) is 0.690. The summed E-state index contributed by atoms with van der Waals surface area (Å²) >= 11 is 0. The fourth-order valence-corrected chi connectivity index (χ4v) is 2.16. The van der Waals surface area contributed by atoms with Crippen LogP contribution >= 0.6 is 0 Å². The maximum Gasteiger partial charge on any atom is 0.269 e. The van der Waals surface area contributed by atoms with Gasteiger partial charge in [-0.3, -0.25) is 9.48 Å². The highest BCUT2D eigenvalue weighted by Gasteiger charge is 2.17. The molecule has 0 aliphatic carbocycles. The lowest BCUT2D eigenvalue weighted by Gasteiger charge is -2.02. The molecule has 7 nitrogen and oxygen atoms in total. The molecule has 3 aromatic rings. The average molecular weight is 257 g/mol. The molecule has 3 N–H and O–H groups in total. The van der Waals surface area contributed by atoms with E-state index in [2.05, 4.69) is 15.1 Å². The third kappa shape index (κ3) is 1.71. The number of fused-ring (bicyclic) bond motifs is 3. The summed E-state index contributed by atoms with van der Waals surface area (Å²) in [5.74, 6) is -0.602. The van der Waals surface area contributed by atoms with Crippen LogP contribution in [-0.4, -0.2) is 37.4 Å². The minimum absolute atomic E-state index is 0.0869. The molecule has 7 heteroatoms. The number of benzene rings is 1. The molecular weight excluding hydrogens is 246 g/mol. The van der Waals surface area contributed by atoms with E-state index in [1.54, 1.807) is 16.9 Å². The summed E-state index contributed by atoms with van der Waals surface area (Å²) in [6.45, 7) is 0.184. The van der Waals surface area contributed by atoms with Gasteiger partial charge < -0.3 is 10.8 Å². The van der Waals surface area contributed by atoms with E-state index in [-0.39, 0.29) is 18.8 Å². The number of primary amides is 1. The van der Waals surface area contributed by atoms with Gasteiger partial charge in [0, 0.05) is 17.0 Å². The Morgan fingerprint density at radius 1 is 1.42 bits per heavy atom. The van der Waals surface area contributed by atoms with E-state index in [0.717, 1.165) is 5.39 Å². The van der Waals surface area contributed by atoms with Gasteiger partial charge in [0.1, 0.15) is 6.33 Å². The molecule has 19 heavy (non-hydrogen) atoms. The number of carbonyl (C=O) groups excluding carboxylic acids is 1. The maximum absolute atomic E-state index is 11.4. The van der Waals surface area contributed by atoms with E-state index in [9.17, 15) is 4.79 Å². The van der Waals surface area contributed by atoms with Crippen molar-refractivity contribution in [3.63, 3.8) is 0 Å². The molecule has 0 spiro atoms. The van der Waals surface area contributed by atoms with Gasteiger partial charge in [-0.05, 0) is 6.07 Å². The van der Waals surface area contributed by atoms with Crippen LogP contribution in [0.25, 0.3) is 21.8 Å². The van der Waals surface area contributed by atoms with E-state index >= 15 is 0 Å². The van der Waals surface area contributed by atoms with Gasteiger partial charge in [0.15, 0.2) is 5.69 Å². The second kappa shape index (κ2) is 4.29. The Bertz CT molecular complexity index is 780. The van der Waals surface area contributed by atoms with Gasteiger partial charge >= 0.3 is 0 Å². The first-order valence-electron chi connectivity index (χ1n) is 5.72. The number of aliphatic hydroxyl groups excluding tert-OH is 1. The van der Waals surface area contributed by atoms with Crippen molar-refractivity contribution in [2.24, 2.45) is 5.73 Å². The van der Waals surface area contributed by atoms with Crippen molar-refractivity contribution >= 4 is 27.7 Å². The fourth-order valence-electron chi connectivity index (χ4n) is 2.16. The first kappa shape index (κ1) is 11.5. The highest BCUT2D eigenvalue weighted by molar-refractivity contribution is 6.11. The zero-order valence-electron chi connectivity index (χ0n) is 9.95. The molecule has 1 amide bonds. The van der Waals surface area contributed by atoms with E-state index in [0.29, 0.717) is 16.4 Å². The molecule has 0 aliphatic heterocycles. The van der Waals surface area contributed by atoms with Gasteiger partial charge in [-0.15, -0.1) is 0 Å². The smallest absolute Gasteiger partial charge is 0.269 e. The zero-order valence-corrected chi connectivity index (χ0v) is 9.95. The van der Waals surface area contributed by atoms with Crippen LogP contribution in [0.1, 0.15) is 10.5 Å². The minimum Gasteiger partial charge on any atom is -0.394 e. The molecule has 0 aliphatic rings. The van der Waals surface area contributed by atoms with Crippen molar-refractivity contribution in [1.82, 2.24) is 19.7 Å². The Hall–Kier alpha value is -2.54. The van der Waals surface area contributed by atoms with Crippen LogP contribution in [0, 0.1) is 0 Å². The first-order valence-corrected chi connectivity index (χ1v) is 5.72. The molecule has 0 atom stereocenters. The number of hydrogen-bond donors (Lipinski definition) is 2. The van der Waals surface area contributed by atoms with Crippen LogP contribution in [0.3, 0.4) is 0 Å². The Labute approximate surface area is 107 Å². The summed E-state index contributed by atoms with van der Waals surface area (Å²) in [6, 6.07) is 3.58. The molecule has 3 rings (SSSR count). The summed E-state index contributed by atoms with van der Waals surface area (Å²) in [5, 5.41) is 14.7. The molecule has 0 saturated heterocycles. The Kier molecular flexibility index (Phi) is 2.60. The average Bonchev–Trinajstić information content (AvgIpc) is 2.79. The van der Waals surface area contributed by atoms with E-state index < -0.39 is 5.91 Å². The third-order valence-electron chi connectivity index (χ3n) is 2.93. The van der Waals surface area contributed by atoms with E-state index in [4.69, 9.17) is 10.8 Å². The molecule has 0 radical (unpaired) electrons. The number of aliphatic hydroxyl groups is 1. The van der Waals surface area contributed by atoms with Gasteiger partial charge in [0.2, 0.25) is 0 Å². The maximum atomic E-state index is 11.4. The fraction of sp³-hybridized carbons (Fsp3) is 0.167. The molecule has 0 unspecified atom stereocenters. The molecule has 96 valence electrons. The molecule has 0 fully saturated rings. The van der Waals surface area contributed by atoms with Crippen molar-refractivity contribution in [2.75, 3.05) is 6.61 Å². The van der Waals surface area contributed by atoms with Gasteiger partial charge in [0.25, 0.3) is 5.91 Å². The number of rotatable bonds is 3. The van der Waals surface area contributed by atoms with Crippen LogP contribution in [0.15, 0.2) is 24.7 Å². The number of nitrogens with zero attached hydrogens (tertiary/aromatic N) is 4. The molecule has 2 aromatic heterocycles. The van der Waals surface area contributed by atoms with Crippen LogP contribution in [0.4, 0.5) is 0 Å². The second-order valence-electron chi connectivity index (χ2n) is 4.08. The van der Waals surface area contributed by atoms with Gasteiger partial charge in [-0.2, -0.15) is 5.10 Å². The second-order valence-corrected chi connectivity index (χ2v) is 4.08. The lowest BCUT2D eigenvalue weighted by Crippen LogP contribution is -2.13. The number of nitrogens with two attached hydrogens (primary N) is 1. The summed E-state index contributed by atoms with van der Waals surface area (Å²) in [4.78, 5) is 19.6. The Morgan fingerprint density at radius 2 is 2.26 bits per heavy atom. The molecule has 0 bridgehead atoms. The third-order valence-corrected chi connectivity index (χ3v) is 2.93. The van der Waals surface area contributed by atoms with Gasteiger partial charge in [-0.25, -0.2) is 9.97 Å². The minimum atomic E-state index is -0.602. The van der Waals surface area contributed by atoms with Crippen LogP contribution in [0.5, 0.6) is 0 Å². The highest BCUT2D eigenvalue weighted by atomic mass is 16.3. The number of amides is 1. The van der Waals surface area contributed by atoms with Crippen molar-refractivity contribution in [2.45, 2.75) is 6.54 Å². The van der Waals surface area contributed by atoms with E-state index in [1.807, 2.05) is 6.07 Å². The number of aromatic nitrogens is 4. The lowest BCUT2D eigenvalue weighted by atomic mass is 10.1. The number of hydrogen-bond acceptors (Lipinski definition) is 5. The topological polar surface area (TPSA) is 107 Å². The lowest BCUT2D eigenvalue weighted by molar-refractivity contribution is 0.0996. The Balaban J connectivity index is 2.46. The van der Waals surface area contributed by atoms with Crippen LogP contribution < -0.4 is 5.73 Å². The monoisotopic (exact) mass is 257 g/mol. The van der Waals surface area contributed by atoms with Crippen molar-refractivity contribution in [3.05, 3.63) is 30.4 Å². The molecule has 2 heterocycles. The van der Waals surface area contributed by atoms with Gasteiger partial charge in [0.05, 0.1) is 24.2 Å². The molecule has 1 aromatic carbocycles. The van der Waals surface area contributed by atoms with Crippen LogP contribution in [-0.2, 0) is 6.54 Å². The highest BCUT2D eigenvalue weighted by Crippen LogP contribution is 2.25. The SMILES string of the molecule is NC(=O)c1nn(CCO)c2c1ccc1cncnc12.